The van der Waals surface area contributed by atoms with Gasteiger partial charge in [-0.05, 0) is 69.7 Å². The van der Waals surface area contributed by atoms with E-state index in [1.54, 1.807) is 0 Å². The maximum absolute atomic E-state index is 12.8. The first-order valence-electron chi connectivity index (χ1n) is 10.3. The fourth-order valence-electron chi connectivity index (χ4n) is 4.41. The van der Waals surface area contributed by atoms with E-state index in [1.807, 2.05) is 0 Å². The monoisotopic (exact) mass is 320 g/mol. The molecule has 1 saturated heterocycles. The molecule has 1 N–H and O–H groups in total. The van der Waals surface area contributed by atoms with Gasteiger partial charge in [-0.25, -0.2) is 0 Å². The lowest BCUT2D eigenvalue weighted by Gasteiger charge is -2.36. The molecule has 2 saturated carbocycles. The zero-order valence-electron chi connectivity index (χ0n) is 15.1. The van der Waals surface area contributed by atoms with Crippen LogP contribution in [0.4, 0.5) is 0 Å². The number of hydrogen-bond donors (Lipinski definition) is 1. The van der Waals surface area contributed by atoms with Crippen LogP contribution in [0.2, 0.25) is 0 Å². The molecule has 132 valence electrons. The highest BCUT2D eigenvalue weighted by Gasteiger charge is 2.31. The van der Waals surface area contributed by atoms with Crippen LogP contribution in [0.25, 0.3) is 0 Å². The Morgan fingerprint density at radius 3 is 2.22 bits per heavy atom. The molecule has 3 rings (SSSR count). The van der Waals surface area contributed by atoms with Crippen molar-refractivity contribution >= 4 is 5.91 Å². The number of hydrogen-bond acceptors (Lipinski definition) is 2. The molecule has 0 radical (unpaired) electrons. The van der Waals surface area contributed by atoms with Crippen LogP contribution in [0.5, 0.6) is 0 Å². The van der Waals surface area contributed by atoms with Crippen molar-refractivity contribution in [2.75, 3.05) is 19.6 Å². The minimum absolute atomic E-state index is 0.337. The number of nitrogens with zero attached hydrogens (tertiary/aromatic N) is 1. The van der Waals surface area contributed by atoms with Crippen molar-refractivity contribution in [1.82, 2.24) is 10.2 Å². The lowest BCUT2D eigenvalue weighted by Crippen LogP contribution is -2.47. The Bertz CT molecular complexity index is 364. The molecule has 3 nitrogen and oxygen atoms in total. The fourth-order valence-corrected chi connectivity index (χ4v) is 4.41. The van der Waals surface area contributed by atoms with Crippen molar-refractivity contribution in [3.8, 4) is 0 Å². The zero-order valence-corrected chi connectivity index (χ0v) is 15.1. The summed E-state index contributed by atoms with van der Waals surface area (Å²) < 4.78 is 0. The quantitative estimate of drug-likeness (QED) is 0.769. The average molecular weight is 321 g/mol. The van der Waals surface area contributed by atoms with Crippen LogP contribution < -0.4 is 5.32 Å². The first-order chi connectivity index (χ1) is 11.3. The summed E-state index contributed by atoms with van der Waals surface area (Å²) in [7, 11) is 0. The van der Waals surface area contributed by atoms with Gasteiger partial charge in [-0.15, -0.1) is 0 Å². The number of unbranched alkanes of at least 4 members (excludes halogenated alkanes) is 1. The summed E-state index contributed by atoms with van der Waals surface area (Å²) in [6.07, 6.45) is 14.1. The lowest BCUT2D eigenvalue weighted by atomic mass is 9.79. The molecule has 0 aromatic carbocycles. The van der Waals surface area contributed by atoms with Gasteiger partial charge in [0.2, 0.25) is 5.91 Å². The Hall–Kier alpha value is -0.570. The molecule has 23 heavy (non-hydrogen) atoms. The minimum Gasteiger partial charge on any atom is -0.342 e. The van der Waals surface area contributed by atoms with Crippen LogP contribution in [-0.2, 0) is 4.79 Å². The number of amides is 1. The predicted molar refractivity (Wildman–Crippen MR) is 95.3 cm³/mol. The summed E-state index contributed by atoms with van der Waals surface area (Å²) in [5.74, 6) is 2.66. The molecule has 1 aliphatic heterocycles. The molecule has 1 heterocycles. The minimum atomic E-state index is 0.337. The van der Waals surface area contributed by atoms with E-state index in [2.05, 4.69) is 17.1 Å². The summed E-state index contributed by atoms with van der Waals surface area (Å²) >= 11 is 0. The predicted octanol–water partition coefficient (Wildman–Crippen LogP) is 3.97. The Morgan fingerprint density at radius 2 is 1.61 bits per heavy atom. The van der Waals surface area contributed by atoms with Crippen molar-refractivity contribution < 1.29 is 4.79 Å². The van der Waals surface area contributed by atoms with Gasteiger partial charge in [-0.3, -0.25) is 4.79 Å². The number of likely N-dealkylation sites (tertiary alicyclic amines) is 1. The summed E-state index contributed by atoms with van der Waals surface area (Å²) in [5.41, 5.74) is 0. The Labute approximate surface area is 142 Å². The lowest BCUT2D eigenvalue weighted by molar-refractivity contribution is -0.138. The van der Waals surface area contributed by atoms with E-state index in [0.29, 0.717) is 17.9 Å². The van der Waals surface area contributed by atoms with E-state index in [0.717, 1.165) is 50.6 Å². The summed E-state index contributed by atoms with van der Waals surface area (Å²) in [4.78, 5) is 14.9. The molecule has 3 aliphatic rings. The van der Waals surface area contributed by atoms with Crippen molar-refractivity contribution in [1.29, 1.82) is 0 Å². The van der Waals surface area contributed by atoms with Crippen molar-refractivity contribution in [3.05, 3.63) is 0 Å². The van der Waals surface area contributed by atoms with Crippen molar-refractivity contribution in [2.45, 2.75) is 83.6 Å². The van der Waals surface area contributed by atoms with Gasteiger partial charge in [-0.2, -0.15) is 0 Å². The van der Waals surface area contributed by atoms with Gasteiger partial charge < -0.3 is 10.2 Å². The van der Waals surface area contributed by atoms with Gasteiger partial charge in [0.25, 0.3) is 0 Å². The largest absolute Gasteiger partial charge is 0.342 e. The first kappa shape index (κ1) is 17.3. The third-order valence-corrected chi connectivity index (χ3v) is 6.36. The second kappa shape index (κ2) is 8.50. The van der Waals surface area contributed by atoms with Crippen LogP contribution in [0.15, 0.2) is 0 Å². The van der Waals surface area contributed by atoms with Gasteiger partial charge >= 0.3 is 0 Å². The maximum Gasteiger partial charge on any atom is 0.225 e. The number of piperidine rings is 1. The van der Waals surface area contributed by atoms with Crippen molar-refractivity contribution in [2.24, 2.45) is 17.8 Å². The highest BCUT2D eigenvalue weighted by molar-refractivity contribution is 5.79. The smallest absolute Gasteiger partial charge is 0.225 e. The van der Waals surface area contributed by atoms with Crippen LogP contribution in [0.1, 0.15) is 77.6 Å². The van der Waals surface area contributed by atoms with E-state index < -0.39 is 0 Å². The topological polar surface area (TPSA) is 32.3 Å². The van der Waals surface area contributed by atoms with Crippen LogP contribution >= 0.6 is 0 Å². The molecule has 0 aromatic rings. The van der Waals surface area contributed by atoms with Gasteiger partial charge in [0.1, 0.15) is 0 Å². The number of rotatable bonds is 7. The molecule has 0 atom stereocenters. The third-order valence-electron chi connectivity index (χ3n) is 6.36. The molecule has 0 spiro atoms. The molecule has 0 unspecified atom stereocenters. The molecule has 1 amide bonds. The summed E-state index contributed by atoms with van der Waals surface area (Å²) in [6, 6.07) is 0.657. The number of carbonyl (C=O) groups is 1. The summed E-state index contributed by atoms with van der Waals surface area (Å²) in [5, 5.41) is 3.71. The second-order valence-electron chi connectivity index (χ2n) is 8.31. The summed E-state index contributed by atoms with van der Waals surface area (Å²) in [6.45, 7) is 5.45. The molecule has 3 fully saturated rings. The number of nitrogens with one attached hydrogen (secondary N) is 1. The van der Waals surface area contributed by atoms with Gasteiger partial charge in [-0.1, -0.05) is 26.2 Å². The molecular weight excluding hydrogens is 284 g/mol. The molecule has 0 bridgehead atoms. The number of carbonyl (C=O) groups excluding carboxylic acids is 1. The SMILES string of the molecule is CCCCC1CCC(C(=O)N2CCC(NCC3CC3)CC2)CC1. The molecule has 2 aliphatic carbocycles. The Morgan fingerprint density at radius 1 is 0.957 bits per heavy atom. The van der Waals surface area contributed by atoms with Crippen LogP contribution in [0, 0.1) is 17.8 Å². The van der Waals surface area contributed by atoms with E-state index in [-0.39, 0.29) is 0 Å². The van der Waals surface area contributed by atoms with Gasteiger partial charge in [0.15, 0.2) is 0 Å². The average Bonchev–Trinajstić information content (AvgIpc) is 3.43. The van der Waals surface area contributed by atoms with E-state index >= 15 is 0 Å². The van der Waals surface area contributed by atoms with Crippen molar-refractivity contribution in [3.63, 3.8) is 0 Å². The fraction of sp³-hybridized carbons (Fsp3) is 0.950. The maximum atomic E-state index is 12.8. The molecular formula is C20H36N2O. The van der Waals surface area contributed by atoms with Gasteiger partial charge in [0, 0.05) is 25.0 Å². The highest BCUT2D eigenvalue weighted by atomic mass is 16.2. The normalized spacial score (nSPS) is 29.7. The third kappa shape index (κ3) is 5.20. The first-order valence-corrected chi connectivity index (χ1v) is 10.3. The van der Waals surface area contributed by atoms with Crippen LogP contribution in [-0.4, -0.2) is 36.5 Å². The second-order valence-corrected chi connectivity index (χ2v) is 8.31. The Kier molecular flexibility index (Phi) is 6.38. The highest BCUT2D eigenvalue weighted by Crippen LogP contribution is 2.33. The van der Waals surface area contributed by atoms with E-state index in [4.69, 9.17) is 0 Å². The van der Waals surface area contributed by atoms with E-state index in [9.17, 15) is 4.79 Å². The Balaban J connectivity index is 1.34. The standard InChI is InChI=1S/C20H36N2O/c1-2-3-4-16-7-9-18(10-8-16)20(23)22-13-11-19(12-14-22)21-15-17-5-6-17/h16-19,21H,2-15H2,1H3. The molecule has 3 heteroatoms. The zero-order chi connectivity index (χ0) is 16.1. The van der Waals surface area contributed by atoms with E-state index in [1.165, 1.54) is 51.5 Å². The molecule has 0 aromatic heterocycles. The van der Waals surface area contributed by atoms with Gasteiger partial charge in [0.05, 0.1) is 0 Å². The van der Waals surface area contributed by atoms with Crippen LogP contribution in [0.3, 0.4) is 0 Å².